The van der Waals surface area contributed by atoms with Gasteiger partial charge < -0.3 is 10.1 Å². The number of anilines is 1. The predicted molar refractivity (Wildman–Crippen MR) is 129 cm³/mol. The Balaban J connectivity index is 1.91. The molecular formula is C22H27F3N2O5S3. The maximum atomic E-state index is 13.4. The lowest BCUT2D eigenvalue weighted by Gasteiger charge is -2.29. The summed E-state index contributed by atoms with van der Waals surface area (Å²) in [7, 11) is -9.73. The molecule has 1 atom stereocenters. The van der Waals surface area contributed by atoms with Gasteiger partial charge in [0.05, 0.1) is 23.8 Å². The first kappa shape index (κ1) is 27.8. The van der Waals surface area contributed by atoms with E-state index in [0.717, 1.165) is 36.4 Å². The van der Waals surface area contributed by atoms with Crippen LogP contribution in [0.15, 0.2) is 63.2 Å². The third-order valence-corrected chi connectivity index (χ3v) is 9.24. The third-order valence-electron chi connectivity index (χ3n) is 5.43. The molecule has 0 saturated carbocycles. The molecule has 194 valence electrons. The number of alkyl halides is 3. The Bertz CT molecular complexity index is 1200. The summed E-state index contributed by atoms with van der Waals surface area (Å²) in [4.78, 5) is 1.52. The van der Waals surface area contributed by atoms with Crippen molar-refractivity contribution in [2.45, 2.75) is 32.7 Å². The van der Waals surface area contributed by atoms with Gasteiger partial charge in [0.15, 0.2) is 9.84 Å². The Morgan fingerprint density at radius 1 is 1.06 bits per heavy atom. The fourth-order valence-corrected chi connectivity index (χ4v) is 6.16. The van der Waals surface area contributed by atoms with Crippen molar-refractivity contribution in [2.75, 3.05) is 50.2 Å². The molecule has 0 radical (unpaired) electrons. The van der Waals surface area contributed by atoms with Crippen molar-refractivity contribution in [2.24, 2.45) is 0 Å². The van der Waals surface area contributed by atoms with Gasteiger partial charge in [0.25, 0.3) is 9.84 Å². The normalized spacial score (nSPS) is 16.7. The molecule has 0 spiro atoms. The van der Waals surface area contributed by atoms with Crippen LogP contribution >= 0.6 is 11.8 Å². The Kier molecular flexibility index (Phi) is 9.13. The average Bonchev–Trinajstić information content (AvgIpc) is 2.81. The molecule has 0 amide bonds. The number of sulfone groups is 2. The number of thioether (sulfide) groups is 1. The number of halogens is 3. The molecule has 35 heavy (non-hydrogen) atoms. The van der Waals surface area contributed by atoms with E-state index in [9.17, 15) is 30.0 Å². The molecule has 1 saturated heterocycles. The Morgan fingerprint density at radius 2 is 1.71 bits per heavy atom. The largest absolute Gasteiger partial charge is 0.501 e. The van der Waals surface area contributed by atoms with Crippen LogP contribution in [0.5, 0.6) is 0 Å². The van der Waals surface area contributed by atoms with Gasteiger partial charge in [-0.1, -0.05) is 18.2 Å². The van der Waals surface area contributed by atoms with Crippen LogP contribution in [0.3, 0.4) is 0 Å². The Morgan fingerprint density at radius 3 is 2.31 bits per heavy atom. The van der Waals surface area contributed by atoms with Crippen molar-refractivity contribution in [1.29, 1.82) is 0 Å². The number of rotatable bonds is 10. The molecule has 1 aliphatic heterocycles. The van der Waals surface area contributed by atoms with E-state index in [-0.39, 0.29) is 5.69 Å². The number of benzene rings is 2. The highest BCUT2D eigenvalue weighted by atomic mass is 32.2. The molecular weight excluding hydrogens is 525 g/mol. The van der Waals surface area contributed by atoms with E-state index < -0.39 is 41.0 Å². The Hall–Kier alpha value is -1.80. The zero-order valence-electron chi connectivity index (χ0n) is 19.0. The van der Waals surface area contributed by atoms with Gasteiger partial charge in [-0.3, -0.25) is 4.90 Å². The van der Waals surface area contributed by atoms with E-state index in [1.807, 2.05) is 30.3 Å². The van der Waals surface area contributed by atoms with Crippen LogP contribution in [-0.4, -0.2) is 78.1 Å². The second-order valence-electron chi connectivity index (χ2n) is 8.09. The van der Waals surface area contributed by atoms with E-state index >= 15 is 0 Å². The van der Waals surface area contributed by atoms with Crippen LogP contribution < -0.4 is 5.32 Å². The summed E-state index contributed by atoms with van der Waals surface area (Å²) >= 11 is 1.49. The molecule has 1 aliphatic rings. The van der Waals surface area contributed by atoms with Crippen molar-refractivity contribution in [3.63, 3.8) is 0 Å². The minimum atomic E-state index is -5.80. The summed E-state index contributed by atoms with van der Waals surface area (Å²) in [6.45, 7) is 3.29. The highest BCUT2D eigenvalue weighted by Crippen LogP contribution is 2.36. The first-order valence-electron chi connectivity index (χ1n) is 10.8. The van der Waals surface area contributed by atoms with Crippen molar-refractivity contribution in [3.8, 4) is 0 Å². The number of morpholine rings is 1. The maximum absolute atomic E-state index is 13.4. The van der Waals surface area contributed by atoms with Crippen molar-refractivity contribution < 1.29 is 34.7 Å². The lowest BCUT2D eigenvalue weighted by Crippen LogP contribution is -2.39. The van der Waals surface area contributed by atoms with E-state index in [0.29, 0.717) is 38.0 Å². The van der Waals surface area contributed by atoms with Crippen LogP contribution in [0.1, 0.15) is 6.42 Å². The van der Waals surface area contributed by atoms with E-state index in [2.05, 4.69) is 10.2 Å². The van der Waals surface area contributed by atoms with Crippen LogP contribution in [0.25, 0.3) is 0 Å². The van der Waals surface area contributed by atoms with Crippen molar-refractivity contribution in [3.05, 3.63) is 48.5 Å². The summed E-state index contributed by atoms with van der Waals surface area (Å²) in [5, 5.41) is 2.96. The maximum Gasteiger partial charge on any atom is 0.501 e. The minimum Gasteiger partial charge on any atom is -0.380 e. The SMILES string of the molecule is CS(=O)(=O)c1ccc(N[C@H](CCN2CCOCC2)CSc2ccccc2)c(S(=O)(=O)C(F)(F)F)c1. The van der Waals surface area contributed by atoms with Crippen molar-refractivity contribution >= 4 is 37.1 Å². The van der Waals surface area contributed by atoms with Crippen LogP contribution in [0.4, 0.5) is 18.9 Å². The number of hydrogen-bond acceptors (Lipinski definition) is 8. The van der Waals surface area contributed by atoms with Gasteiger partial charge in [-0.15, -0.1) is 11.8 Å². The van der Waals surface area contributed by atoms with Crippen LogP contribution in [0.2, 0.25) is 0 Å². The Labute approximate surface area is 207 Å². The van der Waals surface area contributed by atoms with Gasteiger partial charge in [0.2, 0.25) is 0 Å². The lowest BCUT2D eigenvalue weighted by molar-refractivity contribution is -0.0435. The topological polar surface area (TPSA) is 92.8 Å². The zero-order chi connectivity index (χ0) is 25.7. The summed E-state index contributed by atoms with van der Waals surface area (Å²) in [5.74, 6) is 0.452. The number of hydrogen-bond donors (Lipinski definition) is 1. The van der Waals surface area contributed by atoms with Gasteiger partial charge in [-0.2, -0.15) is 13.2 Å². The monoisotopic (exact) mass is 552 g/mol. The fraction of sp³-hybridized carbons (Fsp3) is 0.455. The van der Waals surface area contributed by atoms with Gasteiger partial charge in [-0.25, -0.2) is 16.8 Å². The van der Waals surface area contributed by atoms with Crippen LogP contribution in [0, 0.1) is 0 Å². The molecule has 2 aromatic rings. The second kappa shape index (κ2) is 11.5. The second-order valence-corrected chi connectivity index (χ2v) is 13.1. The first-order valence-corrected chi connectivity index (χ1v) is 15.1. The molecule has 7 nitrogen and oxygen atoms in total. The van der Waals surface area contributed by atoms with E-state index in [1.54, 1.807) is 0 Å². The first-order chi connectivity index (χ1) is 16.4. The molecule has 0 aliphatic carbocycles. The van der Waals surface area contributed by atoms with Gasteiger partial charge in [0.1, 0.15) is 4.90 Å². The van der Waals surface area contributed by atoms with E-state index in [4.69, 9.17) is 4.74 Å². The van der Waals surface area contributed by atoms with E-state index in [1.165, 1.54) is 11.8 Å². The summed E-state index contributed by atoms with van der Waals surface area (Å²) in [5.41, 5.74) is -5.86. The zero-order valence-corrected chi connectivity index (χ0v) is 21.4. The van der Waals surface area contributed by atoms with Crippen LogP contribution in [-0.2, 0) is 24.4 Å². The minimum absolute atomic E-state index is 0.282. The highest BCUT2D eigenvalue weighted by molar-refractivity contribution is 7.99. The summed E-state index contributed by atoms with van der Waals surface area (Å²) < 4.78 is 94.2. The number of nitrogens with one attached hydrogen (secondary N) is 1. The smallest absolute Gasteiger partial charge is 0.380 e. The summed E-state index contributed by atoms with van der Waals surface area (Å²) in [6.07, 6.45) is 1.33. The molecule has 2 aromatic carbocycles. The molecule has 0 bridgehead atoms. The molecule has 1 fully saturated rings. The quantitative estimate of drug-likeness (QED) is 0.447. The molecule has 0 aromatic heterocycles. The van der Waals surface area contributed by atoms with Gasteiger partial charge in [0, 0.05) is 42.6 Å². The predicted octanol–water partition coefficient (Wildman–Crippen LogP) is 3.68. The molecule has 1 heterocycles. The average molecular weight is 553 g/mol. The molecule has 3 rings (SSSR count). The van der Waals surface area contributed by atoms with Gasteiger partial charge >= 0.3 is 5.51 Å². The fourth-order valence-electron chi connectivity index (χ4n) is 3.49. The lowest BCUT2D eigenvalue weighted by atomic mass is 10.2. The molecule has 13 heteroatoms. The standard InChI is InChI=1S/C22H27F3N2O5S3/c1-34(28,29)19-7-8-20(21(15-19)35(30,31)22(23,24)25)26-17(9-10-27-11-13-32-14-12-27)16-33-18-5-3-2-4-6-18/h2-8,15,17,26H,9-14,16H2,1H3/t17-/m1/s1. The number of ether oxygens (including phenoxy) is 1. The number of nitrogens with zero attached hydrogens (tertiary/aromatic N) is 1. The molecule has 1 N–H and O–H groups in total. The molecule has 0 unspecified atom stereocenters. The summed E-state index contributed by atoms with van der Waals surface area (Å²) in [6, 6.07) is 11.8. The van der Waals surface area contributed by atoms with Gasteiger partial charge in [-0.05, 0) is 36.8 Å². The third kappa shape index (κ3) is 7.59. The highest BCUT2D eigenvalue weighted by Gasteiger charge is 2.48. The van der Waals surface area contributed by atoms with Crippen molar-refractivity contribution in [1.82, 2.24) is 4.90 Å².